The van der Waals surface area contributed by atoms with Gasteiger partial charge in [0.05, 0.1) is 5.69 Å². The molecule has 0 aliphatic heterocycles. The lowest BCUT2D eigenvalue weighted by Gasteiger charge is -2.06. The molecule has 0 atom stereocenters. The van der Waals surface area contributed by atoms with Gasteiger partial charge in [-0.15, -0.1) is 11.3 Å². The van der Waals surface area contributed by atoms with Gasteiger partial charge in [0.1, 0.15) is 10.7 Å². The second-order valence-corrected chi connectivity index (χ2v) is 7.84. The molecule has 0 aliphatic carbocycles. The first-order valence-electron chi connectivity index (χ1n) is 7.46. The highest BCUT2D eigenvalue weighted by Crippen LogP contribution is 2.28. The molecule has 0 spiro atoms. The average molecular weight is 391 g/mol. The van der Waals surface area contributed by atoms with Gasteiger partial charge in [-0.05, 0) is 24.3 Å². The Morgan fingerprint density at radius 3 is 2.46 bits per heavy atom. The van der Waals surface area contributed by atoms with Crippen molar-refractivity contribution in [1.82, 2.24) is 4.98 Å². The zero-order valence-electron chi connectivity index (χ0n) is 13.6. The van der Waals surface area contributed by atoms with Crippen LogP contribution in [0.4, 0.5) is 15.2 Å². The smallest absolute Gasteiger partial charge is 0.266 e. The van der Waals surface area contributed by atoms with E-state index in [1.165, 1.54) is 25.1 Å². The number of hydrogen-bond donors (Lipinski definition) is 2. The van der Waals surface area contributed by atoms with Crippen LogP contribution in [0.25, 0.3) is 11.3 Å². The van der Waals surface area contributed by atoms with Gasteiger partial charge >= 0.3 is 0 Å². The molecule has 0 aliphatic rings. The third-order valence-electron chi connectivity index (χ3n) is 3.35. The second kappa shape index (κ2) is 7.22. The molecule has 0 fully saturated rings. The average Bonchev–Trinajstić information content (AvgIpc) is 3.03. The number of carbonyl (C=O) groups is 1. The van der Waals surface area contributed by atoms with Gasteiger partial charge in [0.25, 0.3) is 10.0 Å². The van der Waals surface area contributed by atoms with Crippen LogP contribution in [0.3, 0.4) is 0 Å². The number of anilines is 2. The van der Waals surface area contributed by atoms with Crippen molar-refractivity contribution in [2.75, 3.05) is 10.0 Å². The van der Waals surface area contributed by atoms with Crippen LogP contribution in [0, 0.1) is 5.82 Å². The molecular formula is C17H14FN3O3S2. The van der Waals surface area contributed by atoms with Crippen molar-refractivity contribution in [2.45, 2.75) is 11.8 Å². The van der Waals surface area contributed by atoms with Gasteiger partial charge in [-0.2, -0.15) is 0 Å². The zero-order valence-corrected chi connectivity index (χ0v) is 15.2. The minimum absolute atomic E-state index is 0.134. The maximum atomic E-state index is 13.7. The molecule has 1 aromatic heterocycles. The van der Waals surface area contributed by atoms with Crippen LogP contribution in [0.5, 0.6) is 0 Å². The Hall–Kier alpha value is -2.78. The van der Waals surface area contributed by atoms with E-state index >= 15 is 0 Å². The lowest BCUT2D eigenvalue weighted by Crippen LogP contribution is -2.14. The fourth-order valence-electron chi connectivity index (χ4n) is 2.21. The maximum absolute atomic E-state index is 13.7. The van der Waals surface area contributed by atoms with Crippen molar-refractivity contribution in [3.63, 3.8) is 0 Å². The van der Waals surface area contributed by atoms with Crippen molar-refractivity contribution in [3.8, 4) is 11.3 Å². The molecular weight excluding hydrogens is 377 g/mol. The van der Waals surface area contributed by atoms with E-state index in [-0.39, 0.29) is 11.0 Å². The fraction of sp³-hybridized carbons (Fsp3) is 0.0588. The first kappa shape index (κ1) is 18.0. The summed E-state index contributed by atoms with van der Waals surface area (Å²) in [5.74, 6) is -0.999. The highest BCUT2D eigenvalue weighted by molar-refractivity contribution is 7.93. The van der Waals surface area contributed by atoms with Crippen molar-refractivity contribution in [3.05, 3.63) is 59.7 Å². The van der Waals surface area contributed by atoms with Crippen LogP contribution >= 0.6 is 11.3 Å². The third kappa shape index (κ3) is 4.06. The number of rotatable bonds is 5. The predicted octanol–water partition coefficient (Wildman–Crippen LogP) is 3.71. The van der Waals surface area contributed by atoms with Gasteiger partial charge in [-0.25, -0.2) is 17.8 Å². The molecule has 0 bridgehead atoms. The number of nitrogens with zero attached hydrogens (tertiary/aromatic N) is 1. The fourth-order valence-corrected chi connectivity index (χ4v) is 4.27. The van der Waals surface area contributed by atoms with E-state index in [0.717, 1.165) is 23.0 Å². The lowest BCUT2D eigenvalue weighted by molar-refractivity contribution is -0.114. The van der Waals surface area contributed by atoms with E-state index in [4.69, 9.17) is 0 Å². The summed E-state index contributed by atoms with van der Waals surface area (Å²) in [5.41, 5.74) is 1.97. The Morgan fingerprint density at radius 1 is 1.12 bits per heavy atom. The Balaban J connectivity index is 1.80. The maximum Gasteiger partial charge on any atom is 0.266 e. The molecule has 2 N–H and O–H groups in total. The Morgan fingerprint density at radius 2 is 1.81 bits per heavy atom. The first-order valence-corrected chi connectivity index (χ1v) is 9.82. The summed E-state index contributed by atoms with van der Waals surface area (Å²) in [5, 5.41) is 4.48. The molecule has 2 aromatic carbocycles. The van der Waals surface area contributed by atoms with Crippen LogP contribution in [0.15, 0.2) is 58.8 Å². The summed E-state index contributed by atoms with van der Waals surface area (Å²) in [6.07, 6.45) is 0. The molecule has 3 rings (SSSR count). The largest absolute Gasteiger partial charge is 0.326 e. The minimum atomic E-state index is -4.06. The van der Waals surface area contributed by atoms with Crippen molar-refractivity contribution < 1.29 is 17.6 Å². The molecule has 3 aromatic rings. The Kier molecular flexibility index (Phi) is 5.01. The molecule has 0 saturated carbocycles. The first-order chi connectivity index (χ1) is 12.3. The van der Waals surface area contributed by atoms with Gasteiger partial charge in [-0.3, -0.25) is 9.52 Å². The van der Waals surface area contributed by atoms with Gasteiger partial charge in [-0.1, -0.05) is 24.3 Å². The predicted molar refractivity (Wildman–Crippen MR) is 99.1 cm³/mol. The van der Waals surface area contributed by atoms with Gasteiger partial charge < -0.3 is 5.32 Å². The monoisotopic (exact) mass is 391 g/mol. The summed E-state index contributed by atoms with van der Waals surface area (Å²) in [6, 6.07) is 12.1. The highest BCUT2D eigenvalue weighted by Gasteiger charge is 2.20. The van der Waals surface area contributed by atoms with Gasteiger partial charge in [0.15, 0.2) is 5.13 Å². The van der Waals surface area contributed by atoms with E-state index in [1.54, 1.807) is 29.6 Å². The number of carbonyl (C=O) groups excluding carboxylic acids is 1. The van der Waals surface area contributed by atoms with E-state index in [2.05, 4.69) is 15.0 Å². The molecule has 9 heteroatoms. The molecule has 26 heavy (non-hydrogen) atoms. The van der Waals surface area contributed by atoms with Crippen LogP contribution < -0.4 is 10.0 Å². The lowest BCUT2D eigenvalue weighted by atomic mass is 10.1. The number of benzene rings is 2. The van der Waals surface area contributed by atoms with Gasteiger partial charge in [0.2, 0.25) is 5.91 Å². The Bertz CT molecular complexity index is 1050. The summed E-state index contributed by atoms with van der Waals surface area (Å²) in [6.45, 7) is 1.42. The Labute approximate surface area is 153 Å². The topological polar surface area (TPSA) is 88.2 Å². The number of thiazole rings is 1. The molecule has 0 saturated heterocycles. The van der Waals surface area contributed by atoms with Crippen LogP contribution in [-0.4, -0.2) is 19.3 Å². The SMILES string of the molecule is CC(=O)Nc1ccc(-c2csc(NS(=O)(=O)c3ccccc3F)n2)cc1. The number of aromatic nitrogens is 1. The minimum Gasteiger partial charge on any atom is -0.326 e. The van der Waals surface area contributed by atoms with Crippen molar-refractivity contribution in [1.29, 1.82) is 0 Å². The van der Waals surface area contributed by atoms with E-state index < -0.39 is 20.7 Å². The number of amides is 1. The zero-order chi connectivity index (χ0) is 18.7. The number of nitrogens with one attached hydrogen (secondary N) is 2. The standard InChI is InChI=1S/C17H14FN3O3S2/c1-11(22)19-13-8-6-12(7-9-13)15-10-25-17(20-15)21-26(23,24)16-5-3-2-4-14(16)18/h2-10H,1H3,(H,19,22)(H,20,21). The van der Waals surface area contributed by atoms with E-state index in [9.17, 15) is 17.6 Å². The normalized spacial score (nSPS) is 11.2. The van der Waals surface area contributed by atoms with Gasteiger partial charge in [0, 0.05) is 23.6 Å². The summed E-state index contributed by atoms with van der Waals surface area (Å²) < 4.78 is 40.6. The van der Waals surface area contributed by atoms with Crippen LogP contribution in [0.2, 0.25) is 0 Å². The molecule has 6 nitrogen and oxygen atoms in total. The molecule has 1 amide bonds. The molecule has 0 radical (unpaired) electrons. The second-order valence-electron chi connectivity index (χ2n) is 5.33. The quantitative estimate of drug-likeness (QED) is 0.694. The highest BCUT2D eigenvalue weighted by atomic mass is 32.2. The van der Waals surface area contributed by atoms with Crippen molar-refractivity contribution in [2.24, 2.45) is 0 Å². The summed E-state index contributed by atoms with van der Waals surface area (Å²) >= 11 is 1.09. The summed E-state index contributed by atoms with van der Waals surface area (Å²) in [7, 11) is -4.06. The molecule has 1 heterocycles. The molecule has 134 valence electrons. The van der Waals surface area contributed by atoms with Crippen LogP contribution in [0.1, 0.15) is 6.92 Å². The summed E-state index contributed by atoms with van der Waals surface area (Å²) in [4.78, 5) is 14.8. The molecule has 0 unspecified atom stereocenters. The van der Waals surface area contributed by atoms with Crippen molar-refractivity contribution >= 4 is 38.1 Å². The number of sulfonamides is 1. The van der Waals surface area contributed by atoms with E-state index in [1.807, 2.05) is 0 Å². The van der Waals surface area contributed by atoms with E-state index in [0.29, 0.717) is 11.4 Å². The van der Waals surface area contributed by atoms with Crippen LogP contribution in [-0.2, 0) is 14.8 Å². The number of halogens is 1. The number of hydrogen-bond acceptors (Lipinski definition) is 5. The third-order valence-corrected chi connectivity index (χ3v) is 5.61.